The first kappa shape index (κ1) is 14.5. The Morgan fingerprint density at radius 2 is 1.92 bits per heavy atom. The molecule has 2 aromatic carbocycles. The van der Waals surface area contributed by atoms with Crippen LogP contribution in [-0.4, -0.2) is 11.8 Å². The summed E-state index contributed by atoms with van der Waals surface area (Å²) in [5, 5.41) is 19.0. The Hall–Kier alpha value is -3.07. The fourth-order valence-electron chi connectivity index (χ4n) is 2.75. The number of aromatic nitrogens is 1. The number of H-pyrrole nitrogens is 1. The van der Waals surface area contributed by atoms with Crippen molar-refractivity contribution in [1.82, 2.24) is 4.98 Å². The second kappa shape index (κ2) is 5.24. The summed E-state index contributed by atoms with van der Waals surface area (Å²) in [6.07, 6.45) is 0. The lowest BCUT2D eigenvalue weighted by molar-refractivity contribution is 0.174. The number of hydrogen-bond donors (Lipinski definition) is 2. The van der Waals surface area contributed by atoms with Crippen molar-refractivity contribution in [2.24, 2.45) is 0 Å². The largest absolute Gasteiger partial charge is 0.454 e. The number of ether oxygens (including phenoxy) is 2. The third-order valence-corrected chi connectivity index (χ3v) is 5.05. The van der Waals surface area contributed by atoms with Crippen molar-refractivity contribution in [3.8, 4) is 34.8 Å². The van der Waals surface area contributed by atoms with Crippen molar-refractivity contribution in [3.05, 3.63) is 33.3 Å². The van der Waals surface area contributed by atoms with Crippen LogP contribution in [0.25, 0.3) is 21.3 Å². The van der Waals surface area contributed by atoms with E-state index in [2.05, 4.69) is 17.1 Å². The molecular weight excluding hydrogens is 344 g/mol. The zero-order valence-electron chi connectivity index (χ0n) is 12.0. The number of fused-ring (bicyclic) bond motifs is 2. The van der Waals surface area contributed by atoms with Gasteiger partial charge < -0.3 is 20.2 Å². The Morgan fingerprint density at radius 1 is 1.17 bits per heavy atom. The van der Waals surface area contributed by atoms with E-state index in [9.17, 15) is 10.5 Å². The maximum Gasteiger partial charge on any atom is 0.231 e. The van der Waals surface area contributed by atoms with Crippen molar-refractivity contribution < 1.29 is 9.47 Å². The van der Waals surface area contributed by atoms with Crippen LogP contribution in [0.4, 0.5) is 5.69 Å². The molecule has 0 saturated carbocycles. The highest BCUT2D eigenvalue weighted by molar-refractivity contribution is 7.73. The maximum atomic E-state index is 9.61. The van der Waals surface area contributed by atoms with Gasteiger partial charge in [0, 0.05) is 5.56 Å². The molecule has 6 nitrogen and oxygen atoms in total. The van der Waals surface area contributed by atoms with E-state index in [0.29, 0.717) is 26.5 Å². The molecule has 0 amide bonds. The second-order valence-electron chi connectivity index (χ2n) is 5.05. The molecule has 1 aromatic heterocycles. The number of nitriles is 2. The molecule has 3 N–H and O–H groups in total. The van der Waals surface area contributed by atoms with Crippen LogP contribution >= 0.6 is 23.6 Å². The van der Waals surface area contributed by atoms with E-state index in [-0.39, 0.29) is 23.6 Å². The smallest absolute Gasteiger partial charge is 0.231 e. The van der Waals surface area contributed by atoms with Gasteiger partial charge in [-0.15, -0.1) is 11.3 Å². The number of hydrogen-bond acceptors (Lipinski definition) is 7. The van der Waals surface area contributed by atoms with E-state index in [1.807, 2.05) is 6.07 Å². The third kappa shape index (κ3) is 1.95. The molecule has 1 aliphatic rings. The van der Waals surface area contributed by atoms with Gasteiger partial charge in [-0.2, -0.15) is 10.5 Å². The van der Waals surface area contributed by atoms with Crippen LogP contribution in [-0.2, 0) is 0 Å². The van der Waals surface area contributed by atoms with Crippen molar-refractivity contribution in [3.63, 3.8) is 0 Å². The number of benzene rings is 2. The normalized spacial score (nSPS) is 12.1. The van der Waals surface area contributed by atoms with Crippen molar-refractivity contribution in [1.29, 1.82) is 10.5 Å². The molecule has 0 atom stereocenters. The van der Waals surface area contributed by atoms with Crippen molar-refractivity contribution in [2.75, 3.05) is 12.5 Å². The summed E-state index contributed by atoms with van der Waals surface area (Å²) in [7, 11) is 0. The van der Waals surface area contributed by atoms with Gasteiger partial charge in [0.1, 0.15) is 17.7 Å². The number of rotatable bonds is 1. The van der Waals surface area contributed by atoms with Crippen LogP contribution in [0.2, 0.25) is 0 Å². The van der Waals surface area contributed by atoms with Crippen LogP contribution in [0.1, 0.15) is 11.1 Å². The second-order valence-corrected chi connectivity index (χ2v) is 6.74. The van der Waals surface area contributed by atoms with E-state index < -0.39 is 0 Å². The summed E-state index contributed by atoms with van der Waals surface area (Å²) in [6, 6.07) is 9.58. The minimum Gasteiger partial charge on any atom is -0.454 e. The molecular formula is C16H8N4O2S2. The van der Waals surface area contributed by atoms with E-state index in [1.54, 1.807) is 12.1 Å². The first-order valence-corrected chi connectivity index (χ1v) is 8.05. The molecule has 8 heteroatoms. The summed E-state index contributed by atoms with van der Waals surface area (Å²) in [5.74, 6) is 1.25. The van der Waals surface area contributed by atoms with Crippen molar-refractivity contribution >= 4 is 39.5 Å². The molecule has 3 aromatic rings. The van der Waals surface area contributed by atoms with Gasteiger partial charge in [-0.25, -0.2) is 0 Å². The number of nitrogens with one attached hydrogen (secondary N) is 1. The first-order valence-electron chi connectivity index (χ1n) is 6.82. The molecule has 2 heterocycles. The third-order valence-electron chi connectivity index (χ3n) is 3.80. The van der Waals surface area contributed by atoms with E-state index in [0.717, 1.165) is 10.3 Å². The predicted molar refractivity (Wildman–Crippen MR) is 92.4 cm³/mol. The number of anilines is 1. The number of thiazole rings is 1. The first-order chi connectivity index (χ1) is 11.6. The molecule has 0 bridgehead atoms. The molecule has 0 unspecified atom stereocenters. The standard InChI is InChI=1S/C16H8N4O2S2/c17-4-8-12(7-1-2-10-11(3-7)22-6-21-10)15-14(20-16(23)24-15)9(5-18)13(8)19/h1-3H,6,19H2,(H,20,23). The van der Waals surface area contributed by atoms with Crippen LogP contribution in [0.3, 0.4) is 0 Å². The Kier molecular flexibility index (Phi) is 3.17. The molecule has 0 aliphatic carbocycles. The Balaban J connectivity index is 2.14. The zero-order chi connectivity index (χ0) is 16.8. The quantitative estimate of drug-likeness (QED) is 0.511. The van der Waals surface area contributed by atoms with E-state index in [1.165, 1.54) is 11.3 Å². The van der Waals surface area contributed by atoms with Gasteiger partial charge in [-0.05, 0) is 29.9 Å². The molecule has 24 heavy (non-hydrogen) atoms. The minimum atomic E-state index is 0.143. The summed E-state index contributed by atoms with van der Waals surface area (Å²) in [6.45, 7) is 0.165. The maximum absolute atomic E-state index is 9.61. The van der Waals surface area contributed by atoms with Gasteiger partial charge in [0.25, 0.3) is 0 Å². The summed E-state index contributed by atoms with van der Waals surface area (Å²) < 4.78 is 12.0. The molecule has 0 radical (unpaired) electrons. The van der Waals surface area contributed by atoms with Crippen LogP contribution in [0.15, 0.2) is 18.2 Å². The average Bonchev–Trinajstić information content (AvgIpc) is 3.18. The summed E-state index contributed by atoms with van der Waals surface area (Å²) in [4.78, 5) is 3.00. The lowest BCUT2D eigenvalue weighted by Gasteiger charge is -2.11. The van der Waals surface area contributed by atoms with Crippen LogP contribution < -0.4 is 15.2 Å². The molecule has 0 spiro atoms. The van der Waals surface area contributed by atoms with Gasteiger partial charge in [-0.1, -0.05) is 6.07 Å². The molecule has 116 valence electrons. The SMILES string of the molecule is N#Cc1c(N)c(C#N)c2[nH]c(=S)sc2c1-c1ccc2c(c1)OCO2. The van der Waals surface area contributed by atoms with Crippen LogP contribution in [0.5, 0.6) is 11.5 Å². The van der Waals surface area contributed by atoms with Crippen molar-refractivity contribution in [2.45, 2.75) is 0 Å². The fourth-order valence-corrected chi connectivity index (χ4v) is 4.02. The average molecular weight is 352 g/mol. The Morgan fingerprint density at radius 3 is 2.67 bits per heavy atom. The lowest BCUT2D eigenvalue weighted by atomic mass is 9.95. The monoisotopic (exact) mass is 352 g/mol. The summed E-state index contributed by atoms with van der Waals surface area (Å²) in [5.41, 5.74) is 8.65. The fraction of sp³-hybridized carbons (Fsp3) is 0.0625. The van der Waals surface area contributed by atoms with Gasteiger partial charge in [-0.3, -0.25) is 0 Å². The number of nitrogens with zero attached hydrogens (tertiary/aromatic N) is 2. The van der Waals surface area contributed by atoms with E-state index >= 15 is 0 Å². The van der Waals surface area contributed by atoms with Gasteiger partial charge in [0.2, 0.25) is 6.79 Å². The van der Waals surface area contributed by atoms with Gasteiger partial charge in [0.15, 0.2) is 15.5 Å². The summed E-state index contributed by atoms with van der Waals surface area (Å²) >= 11 is 6.52. The highest BCUT2D eigenvalue weighted by Crippen LogP contribution is 2.43. The zero-order valence-corrected chi connectivity index (χ0v) is 13.7. The van der Waals surface area contributed by atoms with E-state index in [4.69, 9.17) is 27.4 Å². The topological polar surface area (TPSA) is 108 Å². The molecule has 1 aliphatic heterocycles. The van der Waals surface area contributed by atoms with Crippen LogP contribution in [0, 0.1) is 26.6 Å². The predicted octanol–water partition coefficient (Wildman–Crippen LogP) is 3.68. The highest BCUT2D eigenvalue weighted by Gasteiger charge is 2.23. The highest BCUT2D eigenvalue weighted by atomic mass is 32.1. The number of nitrogens with two attached hydrogens (primary N) is 1. The Labute approximate surface area is 145 Å². The lowest BCUT2D eigenvalue weighted by Crippen LogP contribution is -1.99. The number of nitrogen functional groups attached to an aromatic ring is 1. The minimum absolute atomic E-state index is 0.143. The van der Waals surface area contributed by atoms with Gasteiger partial charge >= 0.3 is 0 Å². The number of aromatic amines is 1. The van der Waals surface area contributed by atoms with Gasteiger partial charge in [0.05, 0.1) is 21.5 Å². The molecule has 4 rings (SSSR count). The molecule has 0 fully saturated rings. The molecule has 0 saturated heterocycles. The Bertz CT molecular complexity index is 1150.